The van der Waals surface area contributed by atoms with Gasteiger partial charge in [0.05, 0.1) is 5.41 Å². The first-order valence-electron chi connectivity index (χ1n) is 9.32. The van der Waals surface area contributed by atoms with Gasteiger partial charge in [0, 0.05) is 17.5 Å². The van der Waals surface area contributed by atoms with E-state index < -0.39 is 5.41 Å². The van der Waals surface area contributed by atoms with E-state index in [1.807, 2.05) is 0 Å². The Bertz CT molecular complexity index is 995. The van der Waals surface area contributed by atoms with E-state index >= 15 is 0 Å². The lowest BCUT2D eigenvalue weighted by Crippen LogP contribution is -2.47. The third-order valence-corrected chi connectivity index (χ3v) is 6.25. The molecule has 3 heteroatoms. The van der Waals surface area contributed by atoms with Gasteiger partial charge in [0.25, 0.3) is 0 Å². The third-order valence-electron chi connectivity index (χ3n) is 6.25. The molecule has 0 fully saturated rings. The molecule has 0 radical (unpaired) electrons. The summed E-state index contributed by atoms with van der Waals surface area (Å²) in [6, 6.07) is 22.9. The molecule has 1 amide bonds. The molecule has 27 heavy (non-hydrogen) atoms. The summed E-state index contributed by atoms with van der Waals surface area (Å²) in [7, 11) is 0. The summed E-state index contributed by atoms with van der Waals surface area (Å²) in [4.78, 5) is 13.4. The van der Waals surface area contributed by atoms with Crippen molar-refractivity contribution in [2.45, 2.75) is 25.2 Å². The lowest BCUT2D eigenvalue weighted by atomic mass is 9.52. The number of rotatable bonds is 2. The van der Waals surface area contributed by atoms with Crippen LogP contribution in [-0.4, -0.2) is 5.91 Å². The number of anilines is 1. The Morgan fingerprint density at radius 3 is 1.96 bits per heavy atom. The maximum Gasteiger partial charge on any atom is 0.231 e. The molecule has 3 aromatic carbocycles. The highest BCUT2D eigenvalue weighted by Crippen LogP contribution is 2.61. The normalized spacial score (nSPS) is 24.8. The van der Waals surface area contributed by atoms with E-state index in [-0.39, 0.29) is 23.6 Å². The topological polar surface area (TPSA) is 29.1 Å². The van der Waals surface area contributed by atoms with Crippen LogP contribution in [0.2, 0.25) is 0 Å². The maximum atomic E-state index is 13.4. The number of fused-ring (bicyclic) bond motifs is 1. The SMILES string of the molecule is CC1(C(=O)Nc2ccc(F)cc2)CC2c3ccccc3C1c1ccccc12. The van der Waals surface area contributed by atoms with Crippen LogP contribution >= 0.6 is 0 Å². The lowest BCUT2D eigenvalue weighted by Gasteiger charge is -2.50. The average Bonchev–Trinajstić information content (AvgIpc) is 2.70. The van der Waals surface area contributed by atoms with Gasteiger partial charge in [-0.05, 0) is 59.9 Å². The molecule has 6 rings (SSSR count). The monoisotopic (exact) mass is 357 g/mol. The fraction of sp³-hybridized carbons (Fsp3) is 0.208. The van der Waals surface area contributed by atoms with Gasteiger partial charge in [-0.3, -0.25) is 4.79 Å². The first kappa shape index (κ1) is 16.2. The Kier molecular flexibility index (Phi) is 3.48. The summed E-state index contributed by atoms with van der Waals surface area (Å²) < 4.78 is 13.2. The molecule has 3 aliphatic carbocycles. The summed E-state index contributed by atoms with van der Waals surface area (Å²) in [6.07, 6.45) is 0.777. The lowest BCUT2D eigenvalue weighted by molar-refractivity contribution is -0.126. The minimum Gasteiger partial charge on any atom is -0.326 e. The highest BCUT2D eigenvalue weighted by Gasteiger charge is 2.53. The van der Waals surface area contributed by atoms with Crippen LogP contribution in [0.25, 0.3) is 0 Å². The number of amides is 1. The molecule has 0 saturated heterocycles. The molecular weight excluding hydrogens is 337 g/mol. The molecule has 0 heterocycles. The summed E-state index contributed by atoms with van der Waals surface area (Å²) in [5.41, 5.74) is 5.27. The molecule has 2 nitrogen and oxygen atoms in total. The molecule has 1 N–H and O–H groups in total. The molecule has 3 aromatic rings. The van der Waals surface area contributed by atoms with E-state index in [4.69, 9.17) is 0 Å². The second-order valence-electron chi connectivity index (χ2n) is 7.83. The maximum absolute atomic E-state index is 13.4. The summed E-state index contributed by atoms with van der Waals surface area (Å²) in [5.74, 6) is -0.0615. The van der Waals surface area contributed by atoms with Crippen LogP contribution in [0.5, 0.6) is 0 Å². The van der Waals surface area contributed by atoms with Crippen LogP contribution < -0.4 is 5.32 Å². The van der Waals surface area contributed by atoms with Gasteiger partial charge < -0.3 is 5.32 Å². The van der Waals surface area contributed by atoms with Crippen LogP contribution in [0.3, 0.4) is 0 Å². The van der Waals surface area contributed by atoms with Crippen molar-refractivity contribution in [1.29, 1.82) is 0 Å². The quantitative estimate of drug-likeness (QED) is 0.649. The largest absolute Gasteiger partial charge is 0.326 e. The van der Waals surface area contributed by atoms with Crippen molar-refractivity contribution in [3.05, 3.63) is 101 Å². The molecule has 0 aromatic heterocycles. The first-order valence-corrected chi connectivity index (χ1v) is 9.32. The van der Waals surface area contributed by atoms with E-state index in [0.29, 0.717) is 5.69 Å². The van der Waals surface area contributed by atoms with Gasteiger partial charge in [-0.1, -0.05) is 48.5 Å². The van der Waals surface area contributed by atoms with E-state index in [1.165, 1.54) is 34.4 Å². The zero-order chi connectivity index (χ0) is 18.6. The number of halogens is 1. The second kappa shape index (κ2) is 5.78. The van der Waals surface area contributed by atoms with Gasteiger partial charge in [0.1, 0.15) is 5.82 Å². The Morgan fingerprint density at radius 2 is 1.41 bits per heavy atom. The molecule has 134 valence electrons. The predicted molar refractivity (Wildman–Crippen MR) is 104 cm³/mol. The van der Waals surface area contributed by atoms with Gasteiger partial charge in [-0.25, -0.2) is 4.39 Å². The summed E-state index contributed by atoms with van der Waals surface area (Å²) in [5, 5.41) is 3.02. The van der Waals surface area contributed by atoms with E-state index in [1.54, 1.807) is 12.1 Å². The highest BCUT2D eigenvalue weighted by molar-refractivity contribution is 5.97. The first-order chi connectivity index (χ1) is 13.1. The minimum absolute atomic E-state index is 0.00638. The second-order valence-corrected chi connectivity index (χ2v) is 7.83. The van der Waals surface area contributed by atoms with Crippen LogP contribution in [0.15, 0.2) is 72.8 Å². The van der Waals surface area contributed by atoms with E-state index in [0.717, 1.165) is 6.42 Å². The number of nitrogens with one attached hydrogen (secondary N) is 1. The van der Waals surface area contributed by atoms with Crippen molar-refractivity contribution in [2.24, 2.45) is 5.41 Å². The molecular formula is C24H20FNO. The van der Waals surface area contributed by atoms with Crippen LogP contribution in [-0.2, 0) is 4.79 Å². The zero-order valence-corrected chi connectivity index (χ0v) is 15.1. The molecule has 0 saturated carbocycles. The van der Waals surface area contributed by atoms with Gasteiger partial charge in [0.2, 0.25) is 5.91 Å². The van der Waals surface area contributed by atoms with Crippen molar-refractivity contribution < 1.29 is 9.18 Å². The highest BCUT2D eigenvalue weighted by atomic mass is 19.1. The van der Waals surface area contributed by atoms with Gasteiger partial charge in [-0.15, -0.1) is 0 Å². The Balaban J connectivity index is 1.59. The Hall–Kier alpha value is -2.94. The molecule has 0 aliphatic heterocycles. The predicted octanol–water partition coefficient (Wildman–Crippen LogP) is 5.45. The van der Waals surface area contributed by atoms with E-state index in [9.17, 15) is 9.18 Å². The smallest absolute Gasteiger partial charge is 0.231 e. The number of carbonyl (C=O) groups is 1. The Morgan fingerprint density at radius 1 is 0.889 bits per heavy atom. The molecule has 1 unspecified atom stereocenters. The average molecular weight is 357 g/mol. The van der Waals surface area contributed by atoms with Crippen LogP contribution in [0.4, 0.5) is 10.1 Å². The van der Waals surface area contributed by atoms with Crippen LogP contribution in [0, 0.1) is 11.2 Å². The molecule has 0 spiro atoms. The number of carbonyl (C=O) groups excluding carboxylic acids is 1. The van der Waals surface area contributed by atoms with Crippen molar-refractivity contribution in [1.82, 2.24) is 0 Å². The van der Waals surface area contributed by atoms with Crippen molar-refractivity contribution in [2.75, 3.05) is 5.32 Å². The molecule has 2 bridgehead atoms. The minimum atomic E-state index is -0.554. The summed E-state index contributed by atoms with van der Waals surface area (Å²) in [6.45, 7) is 2.06. The van der Waals surface area contributed by atoms with Crippen molar-refractivity contribution >= 4 is 11.6 Å². The standard InChI is InChI=1S/C24H20FNO/c1-24(23(27)26-16-12-10-15(25)11-13-16)14-21-17-6-2-4-8-19(17)22(24)20-9-5-3-7-18(20)21/h2-13,21-22H,14H2,1H3,(H,26,27). The van der Waals surface area contributed by atoms with Gasteiger partial charge in [-0.2, -0.15) is 0 Å². The number of benzene rings is 3. The fourth-order valence-corrected chi connectivity index (χ4v) is 5.00. The van der Waals surface area contributed by atoms with Gasteiger partial charge in [0.15, 0.2) is 0 Å². The number of hydrogen-bond donors (Lipinski definition) is 1. The van der Waals surface area contributed by atoms with Crippen molar-refractivity contribution in [3.8, 4) is 0 Å². The van der Waals surface area contributed by atoms with Crippen LogP contribution in [0.1, 0.15) is 47.4 Å². The molecule has 3 aliphatic rings. The third kappa shape index (κ3) is 2.34. The fourth-order valence-electron chi connectivity index (χ4n) is 5.00. The van der Waals surface area contributed by atoms with Gasteiger partial charge >= 0.3 is 0 Å². The number of hydrogen-bond acceptors (Lipinski definition) is 1. The Labute approximate surface area is 158 Å². The molecule has 1 atom stereocenters. The van der Waals surface area contributed by atoms with Crippen molar-refractivity contribution in [3.63, 3.8) is 0 Å². The summed E-state index contributed by atoms with van der Waals surface area (Å²) >= 11 is 0. The zero-order valence-electron chi connectivity index (χ0n) is 15.1. The van der Waals surface area contributed by atoms with E-state index in [2.05, 4.69) is 60.8 Å².